The number of rotatable bonds is 7. The van der Waals surface area contributed by atoms with Gasteiger partial charge in [0.1, 0.15) is 11.6 Å². The van der Waals surface area contributed by atoms with E-state index < -0.39 is 0 Å². The van der Waals surface area contributed by atoms with Gasteiger partial charge >= 0.3 is 0 Å². The summed E-state index contributed by atoms with van der Waals surface area (Å²) in [4.78, 5) is 17.3. The highest BCUT2D eigenvalue weighted by Gasteiger charge is 2.20. The van der Waals surface area contributed by atoms with E-state index >= 15 is 0 Å². The third-order valence-corrected chi connectivity index (χ3v) is 5.40. The molecule has 0 saturated carbocycles. The molecule has 4 rings (SSSR count). The first kappa shape index (κ1) is 21.8. The lowest BCUT2D eigenvalue weighted by molar-refractivity contribution is 0.102. The molecule has 0 saturated heterocycles. The summed E-state index contributed by atoms with van der Waals surface area (Å²) in [5.41, 5.74) is 2.61. The number of anilines is 1. The lowest BCUT2D eigenvalue weighted by Gasteiger charge is -2.09. The zero-order valence-corrected chi connectivity index (χ0v) is 18.5. The number of unbranched alkanes of at least 4 members (excludes halogenated alkanes) is 1. The van der Waals surface area contributed by atoms with Crippen molar-refractivity contribution in [3.8, 4) is 11.4 Å². The van der Waals surface area contributed by atoms with Crippen LogP contribution in [0.15, 0.2) is 54.7 Å². The molecule has 0 aliphatic carbocycles. The molecular formula is C24H22ClFN4O2. The number of hydrogen-bond donors (Lipinski definition) is 1. The zero-order chi connectivity index (χ0) is 22.7. The first-order valence-electron chi connectivity index (χ1n) is 10.3. The van der Waals surface area contributed by atoms with Crippen LogP contribution in [0.2, 0.25) is 5.02 Å². The molecule has 0 unspecified atom stereocenters. The molecule has 0 spiro atoms. The van der Waals surface area contributed by atoms with Crippen molar-refractivity contribution in [3.63, 3.8) is 0 Å². The molecule has 1 amide bonds. The summed E-state index contributed by atoms with van der Waals surface area (Å²) in [6, 6.07) is 13.1. The highest BCUT2D eigenvalue weighted by molar-refractivity contribution is 6.39. The topological polar surface area (TPSA) is 69.0 Å². The Hall–Kier alpha value is -3.45. The fourth-order valence-electron chi connectivity index (χ4n) is 3.30. The third-order valence-electron chi connectivity index (χ3n) is 5.00. The number of benzene rings is 2. The van der Waals surface area contributed by atoms with E-state index in [-0.39, 0.29) is 22.3 Å². The van der Waals surface area contributed by atoms with Crippen LogP contribution in [-0.2, 0) is 0 Å². The molecule has 0 fully saturated rings. The normalized spacial score (nSPS) is 11.0. The van der Waals surface area contributed by atoms with E-state index in [1.165, 1.54) is 18.3 Å². The van der Waals surface area contributed by atoms with Gasteiger partial charge in [0.2, 0.25) is 0 Å². The predicted molar refractivity (Wildman–Crippen MR) is 123 cm³/mol. The van der Waals surface area contributed by atoms with Gasteiger partial charge in [-0.25, -0.2) is 14.1 Å². The van der Waals surface area contributed by atoms with Crippen LogP contribution in [0.5, 0.6) is 5.75 Å². The minimum atomic E-state index is -0.377. The van der Waals surface area contributed by atoms with Gasteiger partial charge in [0.25, 0.3) is 5.91 Å². The molecule has 0 atom stereocenters. The fraction of sp³-hybridized carbons (Fsp3) is 0.208. The molecule has 6 nitrogen and oxygen atoms in total. The summed E-state index contributed by atoms with van der Waals surface area (Å²) in [6.45, 7) is 4.55. The van der Waals surface area contributed by atoms with Crippen molar-refractivity contribution in [2.45, 2.75) is 26.7 Å². The number of fused-ring (bicyclic) bond motifs is 1. The van der Waals surface area contributed by atoms with Crippen LogP contribution in [0.25, 0.3) is 16.7 Å². The number of carbonyl (C=O) groups excluding carboxylic acids is 1. The second kappa shape index (κ2) is 9.36. The smallest absolute Gasteiger partial charge is 0.258 e. The van der Waals surface area contributed by atoms with Crippen molar-refractivity contribution in [2.24, 2.45) is 0 Å². The standard InChI is InChI=1S/C24H22ClFN4O2/c1-3-4-13-32-19-11-7-17(8-12-19)28-24(31)20-14-27-23-21(22(20)25)15(2)29-30(23)18-9-5-16(26)6-10-18/h5-12,14H,3-4,13H2,1-2H3,(H,28,31). The van der Waals surface area contributed by atoms with Gasteiger partial charge in [0.05, 0.1) is 34.0 Å². The Morgan fingerprint density at radius 2 is 1.88 bits per heavy atom. The maximum absolute atomic E-state index is 13.3. The number of aryl methyl sites for hydroxylation is 1. The van der Waals surface area contributed by atoms with E-state index in [4.69, 9.17) is 16.3 Å². The molecule has 0 bridgehead atoms. The maximum Gasteiger partial charge on any atom is 0.258 e. The number of aromatic nitrogens is 3. The SMILES string of the molecule is CCCCOc1ccc(NC(=O)c2cnc3c(c(C)nn3-c3ccc(F)cc3)c2Cl)cc1. The number of amides is 1. The number of ether oxygens (including phenoxy) is 1. The van der Waals surface area contributed by atoms with E-state index in [1.54, 1.807) is 35.9 Å². The van der Waals surface area contributed by atoms with Crippen molar-refractivity contribution < 1.29 is 13.9 Å². The molecule has 2 aromatic heterocycles. The Morgan fingerprint density at radius 3 is 2.56 bits per heavy atom. The zero-order valence-electron chi connectivity index (χ0n) is 17.7. The van der Waals surface area contributed by atoms with Crippen LogP contribution in [0, 0.1) is 12.7 Å². The van der Waals surface area contributed by atoms with E-state index in [0.29, 0.717) is 34.7 Å². The largest absolute Gasteiger partial charge is 0.494 e. The third kappa shape index (κ3) is 4.43. The van der Waals surface area contributed by atoms with Gasteiger partial charge in [0.15, 0.2) is 5.65 Å². The lowest BCUT2D eigenvalue weighted by Crippen LogP contribution is -2.13. The second-order valence-electron chi connectivity index (χ2n) is 7.34. The summed E-state index contributed by atoms with van der Waals surface area (Å²) >= 11 is 6.60. The van der Waals surface area contributed by atoms with Gasteiger partial charge in [-0.2, -0.15) is 5.10 Å². The number of nitrogens with one attached hydrogen (secondary N) is 1. The molecule has 32 heavy (non-hydrogen) atoms. The number of halogens is 2. The van der Waals surface area contributed by atoms with E-state index in [9.17, 15) is 9.18 Å². The molecule has 164 valence electrons. The van der Waals surface area contributed by atoms with Crippen LogP contribution in [0.3, 0.4) is 0 Å². The van der Waals surface area contributed by atoms with Crippen LogP contribution in [-0.4, -0.2) is 27.3 Å². The van der Waals surface area contributed by atoms with Gasteiger partial charge in [-0.15, -0.1) is 0 Å². The Balaban J connectivity index is 1.58. The van der Waals surface area contributed by atoms with Crippen molar-refractivity contribution >= 4 is 34.2 Å². The van der Waals surface area contributed by atoms with Crippen LogP contribution < -0.4 is 10.1 Å². The molecule has 1 N–H and O–H groups in total. The number of carbonyl (C=O) groups is 1. The minimum absolute atomic E-state index is 0.240. The lowest BCUT2D eigenvalue weighted by atomic mass is 10.2. The number of hydrogen-bond acceptors (Lipinski definition) is 4. The molecule has 2 aromatic carbocycles. The van der Waals surface area contributed by atoms with E-state index in [1.807, 2.05) is 12.1 Å². The number of nitrogens with zero attached hydrogens (tertiary/aromatic N) is 3. The van der Waals surface area contributed by atoms with Gasteiger partial charge in [-0.3, -0.25) is 4.79 Å². The van der Waals surface area contributed by atoms with Gasteiger partial charge < -0.3 is 10.1 Å². The second-order valence-corrected chi connectivity index (χ2v) is 7.72. The van der Waals surface area contributed by atoms with Gasteiger partial charge in [-0.05, 0) is 61.9 Å². The predicted octanol–water partition coefficient (Wildman–Crippen LogP) is 5.95. The van der Waals surface area contributed by atoms with Crippen molar-refractivity contribution in [2.75, 3.05) is 11.9 Å². The molecule has 8 heteroatoms. The Bertz CT molecular complexity index is 1250. The Morgan fingerprint density at radius 1 is 1.16 bits per heavy atom. The van der Waals surface area contributed by atoms with Crippen LogP contribution in [0.4, 0.5) is 10.1 Å². The molecule has 0 aliphatic rings. The molecular weight excluding hydrogens is 431 g/mol. The summed E-state index contributed by atoms with van der Waals surface area (Å²) in [7, 11) is 0. The fourth-order valence-corrected chi connectivity index (χ4v) is 3.65. The first-order valence-corrected chi connectivity index (χ1v) is 10.7. The quantitative estimate of drug-likeness (QED) is 0.351. The van der Waals surface area contributed by atoms with Crippen LogP contribution >= 0.6 is 11.6 Å². The van der Waals surface area contributed by atoms with Gasteiger partial charge in [-0.1, -0.05) is 24.9 Å². The Kier molecular flexibility index (Phi) is 6.37. The van der Waals surface area contributed by atoms with E-state index in [0.717, 1.165) is 18.6 Å². The average Bonchev–Trinajstić information content (AvgIpc) is 3.13. The summed E-state index contributed by atoms with van der Waals surface area (Å²) in [5.74, 6) is 0.0341. The highest BCUT2D eigenvalue weighted by atomic mass is 35.5. The Labute approximate surface area is 190 Å². The van der Waals surface area contributed by atoms with E-state index in [2.05, 4.69) is 22.3 Å². The van der Waals surface area contributed by atoms with Gasteiger partial charge in [0, 0.05) is 11.9 Å². The highest BCUT2D eigenvalue weighted by Crippen LogP contribution is 2.30. The number of pyridine rings is 1. The molecule has 0 radical (unpaired) electrons. The van der Waals surface area contributed by atoms with Crippen molar-refractivity contribution in [1.29, 1.82) is 0 Å². The maximum atomic E-state index is 13.3. The van der Waals surface area contributed by atoms with Crippen LogP contribution in [0.1, 0.15) is 35.8 Å². The summed E-state index contributed by atoms with van der Waals surface area (Å²) in [5, 5.41) is 8.15. The first-order chi connectivity index (χ1) is 15.5. The molecule has 4 aromatic rings. The monoisotopic (exact) mass is 452 g/mol. The molecule has 2 heterocycles. The van der Waals surface area contributed by atoms with Crippen molar-refractivity contribution in [1.82, 2.24) is 14.8 Å². The minimum Gasteiger partial charge on any atom is -0.494 e. The molecule has 0 aliphatic heterocycles. The average molecular weight is 453 g/mol. The summed E-state index contributed by atoms with van der Waals surface area (Å²) < 4.78 is 20.5. The van der Waals surface area contributed by atoms with Crippen molar-refractivity contribution in [3.05, 3.63) is 76.8 Å². The summed E-state index contributed by atoms with van der Waals surface area (Å²) in [6.07, 6.45) is 3.47.